The zero-order valence-corrected chi connectivity index (χ0v) is 7.58. The average molecular weight is 174 g/mol. The summed E-state index contributed by atoms with van der Waals surface area (Å²) in [5.74, 6) is -2.39. The van der Waals surface area contributed by atoms with Crippen molar-refractivity contribution < 1.29 is 33.2 Å². The number of carbonyl (C=O) groups excluding carboxylic acids is 1. The van der Waals surface area contributed by atoms with E-state index >= 15 is 0 Å². The fraction of sp³-hybridized carbons (Fsp3) is 0.222. The predicted octanol–water partition coefficient (Wildman–Crippen LogP) is -2.32. The normalized spacial score (nSPS) is 11.5. The average Bonchev–Trinajstić information content (AvgIpc) is 2.03. The first-order valence-electron chi connectivity index (χ1n) is 3.57. The molecule has 0 saturated carbocycles. The Balaban J connectivity index is 0.00000144. The Morgan fingerprint density at radius 3 is 2.62 bits per heavy atom. The largest absolute Gasteiger partial charge is 1.00 e. The molecular formula is C9H8FLiO2. The van der Waals surface area contributed by atoms with E-state index in [0.717, 1.165) is 0 Å². The van der Waals surface area contributed by atoms with Crippen molar-refractivity contribution in [1.82, 2.24) is 0 Å². The van der Waals surface area contributed by atoms with Gasteiger partial charge in [-0.3, -0.25) is 0 Å². The molecule has 1 rings (SSSR count). The van der Waals surface area contributed by atoms with Gasteiger partial charge < -0.3 is 9.90 Å². The van der Waals surface area contributed by atoms with Gasteiger partial charge >= 0.3 is 18.9 Å². The molecule has 13 heavy (non-hydrogen) atoms. The minimum absolute atomic E-state index is 0. The van der Waals surface area contributed by atoms with Crippen molar-refractivity contribution in [2.24, 2.45) is 0 Å². The molecule has 0 spiro atoms. The Hall–Kier alpha value is -0.783. The molecule has 0 heterocycles. The molecule has 1 atom stereocenters. The van der Waals surface area contributed by atoms with Crippen molar-refractivity contribution in [2.45, 2.75) is 12.8 Å². The van der Waals surface area contributed by atoms with Gasteiger partial charge in [-0.1, -0.05) is 19.1 Å². The molecule has 2 nitrogen and oxygen atoms in total. The van der Waals surface area contributed by atoms with Gasteiger partial charge in [0.15, 0.2) is 0 Å². The van der Waals surface area contributed by atoms with Crippen molar-refractivity contribution in [3.8, 4) is 0 Å². The molecule has 0 aliphatic carbocycles. The van der Waals surface area contributed by atoms with Crippen LogP contribution in [-0.4, -0.2) is 5.97 Å². The van der Waals surface area contributed by atoms with Crippen molar-refractivity contribution in [3.63, 3.8) is 0 Å². The van der Waals surface area contributed by atoms with E-state index < -0.39 is 17.7 Å². The maximum Gasteiger partial charge on any atom is 1.00 e. The van der Waals surface area contributed by atoms with Gasteiger partial charge in [0.2, 0.25) is 0 Å². The summed E-state index contributed by atoms with van der Waals surface area (Å²) in [5, 5.41) is 10.4. The second-order valence-corrected chi connectivity index (χ2v) is 2.60. The summed E-state index contributed by atoms with van der Waals surface area (Å²) in [7, 11) is 0. The summed E-state index contributed by atoms with van der Waals surface area (Å²) < 4.78 is 12.6. The molecule has 0 saturated heterocycles. The molecule has 1 unspecified atom stereocenters. The van der Waals surface area contributed by atoms with Crippen molar-refractivity contribution in [3.05, 3.63) is 35.6 Å². The van der Waals surface area contributed by atoms with Crippen LogP contribution in [-0.2, 0) is 4.79 Å². The zero-order valence-electron chi connectivity index (χ0n) is 7.58. The van der Waals surface area contributed by atoms with Crippen LogP contribution in [0.5, 0.6) is 0 Å². The number of hydrogen-bond acceptors (Lipinski definition) is 2. The topological polar surface area (TPSA) is 40.1 Å². The second-order valence-electron chi connectivity index (χ2n) is 2.60. The molecule has 0 aromatic heterocycles. The van der Waals surface area contributed by atoms with E-state index in [-0.39, 0.29) is 18.9 Å². The molecule has 4 heteroatoms. The summed E-state index contributed by atoms with van der Waals surface area (Å²) in [5.41, 5.74) is 0.426. The van der Waals surface area contributed by atoms with E-state index in [4.69, 9.17) is 0 Å². The Kier molecular flexibility index (Phi) is 4.75. The van der Waals surface area contributed by atoms with Gasteiger partial charge in [0, 0.05) is 11.9 Å². The molecular weight excluding hydrogens is 166 g/mol. The maximum atomic E-state index is 12.6. The molecule has 0 fully saturated rings. The van der Waals surface area contributed by atoms with Gasteiger partial charge in [-0.25, -0.2) is 4.39 Å². The minimum atomic E-state index is -1.19. The molecule has 0 aliphatic rings. The Labute approximate surface area is 87.9 Å². The number of rotatable bonds is 2. The van der Waals surface area contributed by atoms with Crippen LogP contribution in [0.4, 0.5) is 4.39 Å². The molecule has 0 amide bonds. The number of hydrogen-bond donors (Lipinski definition) is 0. The molecule has 1 aromatic carbocycles. The van der Waals surface area contributed by atoms with Crippen LogP contribution in [0.15, 0.2) is 24.3 Å². The van der Waals surface area contributed by atoms with E-state index in [1.807, 2.05) is 0 Å². The number of halogens is 1. The Bertz CT molecular complexity index is 301. The molecule has 0 N–H and O–H groups in total. The van der Waals surface area contributed by atoms with Crippen molar-refractivity contribution in [2.75, 3.05) is 0 Å². The van der Waals surface area contributed by atoms with E-state index in [1.54, 1.807) is 6.07 Å². The quantitative estimate of drug-likeness (QED) is 0.472. The van der Waals surface area contributed by atoms with Gasteiger partial charge in [-0.2, -0.15) is 0 Å². The maximum absolute atomic E-state index is 12.6. The van der Waals surface area contributed by atoms with Gasteiger partial charge in [-0.05, 0) is 17.7 Å². The van der Waals surface area contributed by atoms with Crippen molar-refractivity contribution >= 4 is 5.97 Å². The van der Waals surface area contributed by atoms with Crippen LogP contribution >= 0.6 is 0 Å². The standard InChI is InChI=1S/C9H9FO2.Li/c1-6(9(11)12)7-3-2-4-8(10)5-7;/h2-6H,1H3,(H,11,12);/q;+1/p-1. The number of aliphatic carboxylic acids is 1. The van der Waals surface area contributed by atoms with Gasteiger partial charge in [0.25, 0.3) is 0 Å². The van der Waals surface area contributed by atoms with E-state index in [1.165, 1.54) is 25.1 Å². The number of carbonyl (C=O) groups is 1. The number of carboxylic acids is 1. The fourth-order valence-corrected chi connectivity index (χ4v) is 0.912. The van der Waals surface area contributed by atoms with Crippen LogP contribution in [0.2, 0.25) is 0 Å². The third-order valence-electron chi connectivity index (χ3n) is 1.70. The SMILES string of the molecule is CC(C(=O)[O-])c1cccc(F)c1.[Li+]. The van der Waals surface area contributed by atoms with E-state index in [2.05, 4.69) is 0 Å². The minimum Gasteiger partial charge on any atom is -0.550 e. The summed E-state index contributed by atoms with van der Waals surface area (Å²) >= 11 is 0. The summed E-state index contributed by atoms with van der Waals surface area (Å²) in [4.78, 5) is 10.4. The van der Waals surface area contributed by atoms with Crippen LogP contribution in [0.3, 0.4) is 0 Å². The van der Waals surface area contributed by atoms with Crippen LogP contribution in [0.25, 0.3) is 0 Å². The Morgan fingerprint density at radius 1 is 1.54 bits per heavy atom. The first-order valence-corrected chi connectivity index (χ1v) is 3.57. The third kappa shape index (κ3) is 3.21. The molecule has 0 radical (unpaired) electrons. The van der Waals surface area contributed by atoms with Crippen LogP contribution in [0, 0.1) is 5.82 Å². The van der Waals surface area contributed by atoms with Crippen molar-refractivity contribution in [1.29, 1.82) is 0 Å². The monoisotopic (exact) mass is 174 g/mol. The smallest absolute Gasteiger partial charge is 0.550 e. The van der Waals surface area contributed by atoms with Crippen LogP contribution < -0.4 is 24.0 Å². The fourth-order valence-electron chi connectivity index (χ4n) is 0.912. The first kappa shape index (κ1) is 12.2. The second kappa shape index (κ2) is 5.06. The van der Waals surface area contributed by atoms with Gasteiger partial charge in [0.05, 0.1) is 0 Å². The Morgan fingerprint density at radius 2 is 2.15 bits per heavy atom. The van der Waals surface area contributed by atoms with Crippen LogP contribution in [0.1, 0.15) is 18.4 Å². The van der Waals surface area contributed by atoms with E-state index in [9.17, 15) is 14.3 Å². The molecule has 64 valence electrons. The molecule has 0 aliphatic heterocycles. The summed E-state index contributed by atoms with van der Waals surface area (Å²) in [6, 6.07) is 5.50. The molecule has 1 aromatic rings. The van der Waals surface area contributed by atoms with Gasteiger partial charge in [-0.15, -0.1) is 0 Å². The predicted molar refractivity (Wildman–Crippen MR) is 39.8 cm³/mol. The zero-order chi connectivity index (χ0) is 9.14. The summed E-state index contributed by atoms with van der Waals surface area (Å²) in [6.45, 7) is 1.46. The number of carboxylic acid groups (broad SMARTS) is 1. The molecule has 0 bridgehead atoms. The summed E-state index contributed by atoms with van der Waals surface area (Å²) in [6.07, 6.45) is 0. The third-order valence-corrected chi connectivity index (χ3v) is 1.70. The van der Waals surface area contributed by atoms with Gasteiger partial charge in [0.1, 0.15) is 5.82 Å². The van der Waals surface area contributed by atoms with E-state index in [0.29, 0.717) is 5.56 Å². The first-order chi connectivity index (χ1) is 5.61. The number of benzene rings is 1.